The molecule has 0 fully saturated rings. The Bertz CT molecular complexity index is 1560. The lowest BCUT2D eigenvalue weighted by Crippen LogP contribution is -2.11. The second kappa shape index (κ2) is 9.40. The molecule has 0 aliphatic carbocycles. The zero-order valence-electron chi connectivity index (χ0n) is 18.6. The van der Waals surface area contributed by atoms with Gasteiger partial charge in [-0.2, -0.15) is 5.10 Å². The van der Waals surface area contributed by atoms with Crippen molar-refractivity contribution in [2.24, 2.45) is 10.1 Å². The van der Waals surface area contributed by atoms with Crippen LogP contribution in [0.5, 0.6) is 11.5 Å². The van der Waals surface area contributed by atoms with Crippen LogP contribution in [-0.2, 0) is 0 Å². The summed E-state index contributed by atoms with van der Waals surface area (Å²) in [4.78, 5) is 9.71. The number of fused-ring (bicyclic) bond motifs is 1. The minimum Gasteiger partial charge on any atom is -0.454 e. The van der Waals surface area contributed by atoms with Crippen molar-refractivity contribution in [3.05, 3.63) is 113 Å². The van der Waals surface area contributed by atoms with Crippen molar-refractivity contribution in [2.75, 3.05) is 6.79 Å². The van der Waals surface area contributed by atoms with Crippen LogP contribution in [0.15, 0.2) is 113 Å². The molecule has 0 atom stereocenters. The zero-order chi connectivity index (χ0) is 23.5. The molecule has 3 aromatic carbocycles. The van der Waals surface area contributed by atoms with Gasteiger partial charge in [-0.25, -0.2) is 9.67 Å². The second-order valence-corrected chi connectivity index (χ2v) is 8.68. The maximum Gasteiger partial charge on any atom is 0.231 e. The molecule has 35 heavy (non-hydrogen) atoms. The van der Waals surface area contributed by atoms with Crippen molar-refractivity contribution in [1.82, 2.24) is 9.66 Å². The first-order chi connectivity index (χ1) is 17.3. The topological polar surface area (TPSA) is 61.0 Å². The number of rotatable bonds is 5. The fourth-order valence-electron chi connectivity index (χ4n) is 3.80. The molecule has 0 saturated carbocycles. The van der Waals surface area contributed by atoms with Gasteiger partial charge < -0.3 is 9.47 Å². The van der Waals surface area contributed by atoms with E-state index in [0.29, 0.717) is 0 Å². The molecule has 3 heterocycles. The zero-order valence-corrected chi connectivity index (χ0v) is 19.4. The summed E-state index contributed by atoms with van der Waals surface area (Å²) in [5.41, 5.74) is 6.04. The van der Waals surface area contributed by atoms with Gasteiger partial charge in [-0.15, -0.1) is 11.3 Å². The first kappa shape index (κ1) is 21.1. The van der Waals surface area contributed by atoms with E-state index in [2.05, 4.69) is 46.8 Å². The minimum absolute atomic E-state index is 0.243. The summed E-state index contributed by atoms with van der Waals surface area (Å²) >= 11 is 1.53. The smallest absolute Gasteiger partial charge is 0.231 e. The van der Waals surface area contributed by atoms with Crippen LogP contribution < -0.4 is 14.3 Å². The third-order valence-electron chi connectivity index (χ3n) is 5.56. The third-order valence-corrected chi connectivity index (χ3v) is 6.38. The number of thiazole rings is 1. The van der Waals surface area contributed by atoms with Gasteiger partial charge in [0.25, 0.3) is 0 Å². The molecule has 6 rings (SSSR count). The lowest BCUT2D eigenvalue weighted by molar-refractivity contribution is 0.174. The van der Waals surface area contributed by atoms with Crippen molar-refractivity contribution >= 4 is 23.2 Å². The molecule has 7 heteroatoms. The van der Waals surface area contributed by atoms with Crippen LogP contribution in [-0.4, -0.2) is 22.7 Å². The Balaban J connectivity index is 1.41. The van der Waals surface area contributed by atoms with Gasteiger partial charge in [0.15, 0.2) is 11.5 Å². The van der Waals surface area contributed by atoms with Gasteiger partial charge in [-0.3, -0.25) is 4.98 Å². The molecular formula is C28H20N4O2S. The van der Waals surface area contributed by atoms with E-state index >= 15 is 0 Å². The molecule has 1 aliphatic rings. The molecule has 170 valence electrons. The predicted molar refractivity (Wildman–Crippen MR) is 138 cm³/mol. The first-order valence-corrected chi connectivity index (χ1v) is 12.0. The summed E-state index contributed by atoms with van der Waals surface area (Å²) in [6.07, 6.45) is 5.28. The molecule has 0 bridgehead atoms. The van der Waals surface area contributed by atoms with Crippen LogP contribution in [0.4, 0.5) is 5.69 Å². The van der Waals surface area contributed by atoms with E-state index in [0.717, 1.165) is 38.8 Å². The van der Waals surface area contributed by atoms with E-state index < -0.39 is 0 Å². The number of ether oxygens (including phenoxy) is 2. The number of aromatic nitrogens is 2. The highest BCUT2D eigenvalue weighted by Gasteiger charge is 2.13. The van der Waals surface area contributed by atoms with Gasteiger partial charge in [-0.05, 0) is 47.0 Å². The average Bonchev–Trinajstić information content (AvgIpc) is 3.55. The fourth-order valence-corrected chi connectivity index (χ4v) is 4.66. The van der Waals surface area contributed by atoms with Crippen LogP contribution in [0.2, 0.25) is 0 Å². The maximum atomic E-state index is 5.51. The summed E-state index contributed by atoms with van der Waals surface area (Å²) < 4.78 is 12.8. The molecule has 1 aliphatic heterocycles. The number of hydrogen-bond donors (Lipinski definition) is 0. The molecular weight excluding hydrogens is 456 g/mol. The maximum absolute atomic E-state index is 5.51. The van der Waals surface area contributed by atoms with Crippen LogP contribution in [0.25, 0.3) is 22.4 Å². The summed E-state index contributed by atoms with van der Waals surface area (Å²) in [6.45, 7) is 0.243. The van der Waals surface area contributed by atoms with Crippen LogP contribution >= 0.6 is 11.3 Å². The van der Waals surface area contributed by atoms with E-state index in [1.54, 1.807) is 18.6 Å². The highest BCUT2D eigenvalue weighted by molar-refractivity contribution is 7.07. The molecule has 0 spiro atoms. The minimum atomic E-state index is 0.243. The number of nitrogens with zero attached hydrogens (tertiary/aromatic N) is 4. The molecule has 6 nitrogen and oxygen atoms in total. The Morgan fingerprint density at radius 3 is 2.46 bits per heavy atom. The highest BCUT2D eigenvalue weighted by atomic mass is 32.1. The summed E-state index contributed by atoms with van der Waals surface area (Å²) in [5, 5.41) is 6.88. The molecule has 0 saturated heterocycles. The Kier molecular flexibility index (Phi) is 5.66. The van der Waals surface area contributed by atoms with Crippen LogP contribution in [0.3, 0.4) is 0 Å². The van der Waals surface area contributed by atoms with E-state index in [1.807, 2.05) is 53.2 Å². The normalized spacial score (nSPS) is 13.0. The van der Waals surface area contributed by atoms with E-state index in [9.17, 15) is 0 Å². The number of pyridine rings is 1. The monoisotopic (exact) mass is 476 g/mol. The first-order valence-electron chi connectivity index (χ1n) is 11.1. The molecule has 0 unspecified atom stereocenters. The fraction of sp³-hybridized carbons (Fsp3) is 0.0357. The van der Waals surface area contributed by atoms with Gasteiger partial charge >= 0.3 is 0 Å². The third kappa shape index (κ3) is 4.49. The molecule has 0 amide bonds. The Morgan fingerprint density at radius 1 is 0.829 bits per heavy atom. The van der Waals surface area contributed by atoms with Gasteiger partial charge in [0.05, 0.1) is 23.8 Å². The van der Waals surface area contributed by atoms with E-state index in [4.69, 9.17) is 19.6 Å². The van der Waals surface area contributed by atoms with Crippen molar-refractivity contribution < 1.29 is 9.47 Å². The van der Waals surface area contributed by atoms with Crippen molar-refractivity contribution in [2.45, 2.75) is 0 Å². The van der Waals surface area contributed by atoms with E-state index in [1.165, 1.54) is 22.5 Å². The molecule has 0 N–H and O–H groups in total. The average molecular weight is 477 g/mol. The largest absolute Gasteiger partial charge is 0.454 e. The summed E-state index contributed by atoms with van der Waals surface area (Å²) in [6, 6.07) is 28.4. The Labute approximate surface area is 206 Å². The van der Waals surface area contributed by atoms with Gasteiger partial charge in [0.2, 0.25) is 11.6 Å². The van der Waals surface area contributed by atoms with Gasteiger partial charge in [0, 0.05) is 17.1 Å². The lowest BCUT2D eigenvalue weighted by atomic mass is 10.0. The standard InChI is InChI=1S/C28H20N4O2S/c1-2-5-21(6-3-1)22-9-11-23(12-10-22)25-18-35-28(31-24-7-4-14-29-17-24)32(25)30-16-20-8-13-26-27(15-20)34-19-33-26/h1-18H,19H2. The van der Waals surface area contributed by atoms with Gasteiger partial charge in [0.1, 0.15) is 0 Å². The Hall–Kier alpha value is -4.49. The van der Waals surface area contributed by atoms with Crippen molar-refractivity contribution in [3.63, 3.8) is 0 Å². The van der Waals surface area contributed by atoms with Crippen LogP contribution in [0, 0.1) is 0 Å². The summed E-state index contributed by atoms with van der Waals surface area (Å²) in [5.74, 6) is 1.47. The molecule has 0 radical (unpaired) electrons. The van der Waals surface area contributed by atoms with Crippen molar-refractivity contribution in [3.8, 4) is 33.9 Å². The lowest BCUT2D eigenvalue weighted by Gasteiger charge is -2.06. The Morgan fingerprint density at radius 2 is 1.63 bits per heavy atom. The highest BCUT2D eigenvalue weighted by Crippen LogP contribution is 2.32. The molecule has 2 aromatic heterocycles. The second-order valence-electron chi connectivity index (χ2n) is 7.84. The van der Waals surface area contributed by atoms with Gasteiger partial charge in [-0.1, -0.05) is 54.6 Å². The molecule has 5 aromatic rings. The predicted octanol–water partition coefficient (Wildman–Crippen LogP) is 6.12. The van der Waals surface area contributed by atoms with Crippen LogP contribution in [0.1, 0.15) is 5.56 Å². The number of hydrogen-bond acceptors (Lipinski definition) is 6. The van der Waals surface area contributed by atoms with E-state index in [-0.39, 0.29) is 6.79 Å². The summed E-state index contributed by atoms with van der Waals surface area (Å²) in [7, 11) is 0. The number of benzene rings is 3. The SMILES string of the molecule is C(=Nn1c(-c2ccc(-c3ccccc3)cc2)csc1=Nc1cccnc1)c1ccc2c(c1)OCO2. The quantitative estimate of drug-likeness (QED) is 0.287. The van der Waals surface area contributed by atoms with Crippen molar-refractivity contribution in [1.29, 1.82) is 0 Å².